The molecule has 0 aromatic heterocycles. The second-order valence-corrected chi connectivity index (χ2v) is 6.84. The Bertz CT molecular complexity index is 552. The van der Waals surface area contributed by atoms with E-state index in [0.29, 0.717) is 12.6 Å². The topological polar surface area (TPSA) is 53.6 Å². The number of hydrogen-bond donors (Lipinski definition) is 2. The lowest BCUT2D eigenvalue weighted by molar-refractivity contribution is -0.126. The normalized spacial score (nSPS) is 21.0. The fourth-order valence-electron chi connectivity index (χ4n) is 3.68. The zero-order chi connectivity index (χ0) is 18.2. The van der Waals surface area contributed by atoms with Crippen LogP contribution in [0.1, 0.15) is 45.2 Å². The van der Waals surface area contributed by atoms with Crippen LogP contribution in [0.4, 0.5) is 0 Å². The Kier molecular flexibility index (Phi) is 9.99. The fraction of sp³-hybridized carbons (Fsp3) is 0.650. The standard InChI is InChI=1S/C20H33N3O2.ClH/c1-5-23(6-2)19(16-8-7-9-18(13-16)25-4)14-22-20(24)17-10-11-21-15(3)12-17;/h7-9,13,15,17,19,21H,5-6,10-12,14H2,1-4H3,(H,22,24);1H/t15-,17-,19?;/m0./s1. The molecule has 2 N–H and O–H groups in total. The number of rotatable bonds is 8. The van der Waals surface area contributed by atoms with E-state index in [1.54, 1.807) is 7.11 Å². The van der Waals surface area contributed by atoms with Gasteiger partial charge >= 0.3 is 0 Å². The summed E-state index contributed by atoms with van der Waals surface area (Å²) in [5.41, 5.74) is 1.18. The largest absolute Gasteiger partial charge is 0.497 e. The number of carbonyl (C=O) groups excluding carboxylic acids is 1. The molecule has 1 amide bonds. The highest BCUT2D eigenvalue weighted by Crippen LogP contribution is 2.24. The Labute approximate surface area is 164 Å². The van der Waals surface area contributed by atoms with Gasteiger partial charge in [-0.05, 0) is 57.1 Å². The van der Waals surface area contributed by atoms with E-state index in [0.717, 1.165) is 38.2 Å². The maximum absolute atomic E-state index is 12.6. The van der Waals surface area contributed by atoms with Gasteiger partial charge in [-0.3, -0.25) is 9.69 Å². The second kappa shape index (κ2) is 11.4. The number of methoxy groups -OCH3 is 1. The molecule has 1 heterocycles. The van der Waals surface area contributed by atoms with Gasteiger partial charge in [0.1, 0.15) is 5.75 Å². The van der Waals surface area contributed by atoms with Gasteiger partial charge in [-0.15, -0.1) is 12.4 Å². The van der Waals surface area contributed by atoms with Crippen LogP contribution in [0, 0.1) is 5.92 Å². The van der Waals surface area contributed by atoms with Crippen molar-refractivity contribution < 1.29 is 9.53 Å². The van der Waals surface area contributed by atoms with Crippen molar-refractivity contribution in [3.8, 4) is 5.75 Å². The highest BCUT2D eigenvalue weighted by molar-refractivity contribution is 5.85. The molecule has 1 aromatic rings. The van der Waals surface area contributed by atoms with Crippen molar-refractivity contribution in [2.24, 2.45) is 5.92 Å². The van der Waals surface area contributed by atoms with E-state index in [1.807, 2.05) is 12.1 Å². The summed E-state index contributed by atoms with van der Waals surface area (Å²) in [5.74, 6) is 1.17. The summed E-state index contributed by atoms with van der Waals surface area (Å²) in [5, 5.41) is 6.61. The van der Waals surface area contributed by atoms with Crippen molar-refractivity contribution in [1.29, 1.82) is 0 Å². The number of halogens is 1. The SMILES string of the molecule is CCN(CC)C(CNC(=O)[C@H]1CCN[C@@H](C)C1)c1cccc(OC)c1.Cl. The first-order valence-corrected chi connectivity index (χ1v) is 9.48. The molecule has 26 heavy (non-hydrogen) atoms. The zero-order valence-corrected chi connectivity index (χ0v) is 17.3. The molecule has 1 aliphatic heterocycles. The number of nitrogens with one attached hydrogen (secondary N) is 2. The maximum Gasteiger partial charge on any atom is 0.223 e. The molecule has 0 saturated carbocycles. The quantitative estimate of drug-likeness (QED) is 0.724. The first-order valence-electron chi connectivity index (χ1n) is 9.48. The average molecular weight is 384 g/mol. The summed E-state index contributed by atoms with van der Waals surface area (Å²) in [7, 11) is 1.69. The van der Waals surface area contributed by atoms with Crippen molar-refractivity contribution in [3.05, 3.63) is 29.8 Å². The molecule has 1 unspecified atom stereocenters. The first kappa shape index (κ1) is 22.7. The van der Waals surface area contributed by atoms with Crippen LogP contribution < -0.4 is 15.4 Å². The number of piperidine rings is 1. The highest BCUT2D eigenvalue weighted by atomic mass is 35.5. The van der Waals surface area contributed by atoms with Crippen molar-refractivity contribution in [1.82, 2.24) is 15.5 Å². The number of benzene rings is 1. The molecule has 2 rings (SSSR count). The van der Waals surface area contributed by atoms with E-state index in [1.165, 1.54) is 5.56 Å². The molecule has 3 atom stereocenters. The van der Waals surface area contributed by atoms with Gasteiger partial charge in [-0.1, -0.05) is 26.0 Å². The molecule has 5 nitrogen and oxygen atoms in total. The molecular formula is C20H34ClN3O2. The Hall–Kier alpha value is -1.30. The molecule has 1 aliphatic rings. The predicted molar refractivity (Wildman–Crippen MR) is 109 cm³/mol. The van der Waals surface area contributed by atoms with Crippen LogP contribution >= 0.6 is 12.4 Å². The summed E-state index contributed by atoms with van der Waals surface area (Å²) in [6, 6.07) is 8.74. The summed E-state index contributed by atoms with van der Waals surface area (Å²) in [6.07, 6.45) is 1.84. The molecule has 0 aliphatic carbocycles. The molecule has 1 fully saturated rings. The van der Waals surface area contributed by atoms with Gasteiger partial charge in [-0.2, -0.15) is 0 Å². The predicted octanol–water partition coefficient (Wildman–Crippen LogP) is 3.00. The minimum Gasteiger partial charge on any atom is -0.497 e. The summed E-state index contributed by atoms with van der Waals surface area (Å²) in [4.78, 5) is 15.0. The molecule has 148 valence electrons. The molecule has 0 spiro atoms. The van der Waals surface area contributed by atoms with Gasteiger partial charge in [0.15, 0.2) is 0 Å². The maximum atomic E-state index is 12.6. The third kappa shape index (κ3) is 6.15. The van der Waals surface area contributed by atoms with Gasteiger partial charge in [0.2, 0.25) is 5.91 Å². The van der Waals surface area contributed by atoms with Crippen LogP contribution in [-0.4, -0.2) is 50.1 Å². The van der Waals surface area contributed by atoms with Gasteiger partial charge in [0.05, 0.1) is 13.2 Å². The zero-order valence-electron chi connectivity index (χ0n) is 16.5. The number of amides is 1. The lowest BCUT2D eigenvalue weighted by Gasteiger charge is -2.32. The van der Waals surface area contributed by atoms with E-state index in [-0.39, 0.29) is 30.3 Å². The number of likely N-dealkylation sites (N-methyl/N-ethyl adjacent to an activating group) is 1. The average Bonchev–Trinajstić information content (AvgIpc) is 2.65. The Morgan fingerprint density at radius 2 is 2.12 bits per heavy atom. The van der Waals surface area contributed by atoms with Gasteiger partial charge in [-0.25, -0.2) is 0 Å². The van der Waals surface area contributed by atoms with Crippen LogP contribution in [0.5, 0.6) is 5.75 Å². The lowest BCUT2D eigenvalue weighted by atomic mass is 9.92. The minimum absolute atomic E-state index is 0. The van der Waals surface area contributed by atoms with Crippen LogP contribution in [0.25, 0.3) is 0 Å². The van der Waals surface area contributed by atoms with E-state index in [4.69, 9.17) is 4.74 Å². The van der Waals surface area contributed by atoms with Crippen LogP contribution in [0.15, 0.2) is 24.3 Å². The van der Waals surface area contributed by atoms with Crippen LogP contribution in [-0.2, 0) is 4.79 Å². The summed E-state index contributed by atoms with van der Waals surface area (Å²) >= 11 is 0. The molecular weight excluding hydrogens is 350 g/mol. The third-order valence-electron chi connectivity index (χ3n) is 5.20. The van der Waals surface area contributed by atoms with E-state index in [9.17, 15) is 4.79 Å². The van der Waals surface area contributed by atoms with E-state index < -0.39 is 0 Å². The van der Waals surface area contributed by atoms with E-state index in [2.05, 4.69) is 48.4 Å². The summed E-state index contributed by atoms with van der Waals surface area (Å²) < 4.78 is 5.37. The Balaban J connectivity index is 0.00000338. The monoisotopic (exact) mass is 383 g/mol. The Morgan fingerprint density at radius 3 is 2.73 bits per heavy atom. The second-order valence-electron chi connectivity index (χ2n) is 6.84. The lowest BCUT2D eigenvalue weighted by Crippen LogP contribution is -2.44. The van der Waals surface area contributed by atoms with Gasteiger partial charge in [0, 0.05) is 18.5 Å². The molecule has 0 radical (unpaired) electrons. The molecule has 1 saturated heterocycles. The number of hydrogen-bond acceptors (Lipinski definition) is 4. The fourth-order valence-corrected chi connectivity index (χ4v) is 3.68. The van der Waals surface area contributed by atoms with Crippen LogP contribution in [0.2, 0.25) is 0 Å². The smallest absolute Gasteiger partial charge is 0.223 e. The third-order valence-corrected chi connectivity index (χ3v) is 5.20. The van der Waals surface area contributed by atoms with Crippen molar-refractivity contribution in [2.75, 3.05) is 33.3 Å². The number of ether oxygens (including phenoxy) is 1. The van der Waals surface area contributed by atoms with Gasteiger partial charge in [0.25, 0.3) is 0 Å². The Morgan fingerprint density at radius 1 is 1.38 bits per heavy atom. The number of carbonyl (C=O) groups is 1. The highest BCUT2D eigenvalue weighted by Gasteiger charge is 2.26. The van der Waals surface area contributed by atoms with Crippen molar-refractivity contribution >= 4 is 18.3 Å². The first-order chi connectivity index (χ1) is 12.1. The molecule has 6 heteroatoms. The van der Waals surface area contributed by atoms with Crippen molar-refractivity contribution in [2.45, 2.75) is 45.7 Å². The van der Waals surface area contributed by atoms with Gasteiger partial charge < -0.3 is 15.4 Å². The molecule has 0 bridgehead atoms. The summed E-state index contributed by atoms with van der Waals surface area (Å²) in [6.45, 7) is 9.91. The van der Waals surface area contributed by atoms with E-state index >= 15 is 0 Å². The van der Waals surface area contributed by atoms with Crippen molar-refractivity contribution in [3.63, 3.8) is 0 Å². The molecule has 1 aromatic carbocycles. The number of nitrogens with zero attached hydrogens (tertiary/aromatic N) is 1. The van der Waals surface area contributed by atoms with Crippen LogP contribution in [0.3, 0.4) is 0 Å². The minimum atomic E-state index is 0.